The molecular weight excluding hydrogens is 172 g/mol. The molecule has 1 rings (SSSR count). The molecule has 0 fully saturated rings. The van der Waals surface area contributed by atoms with Gasteiger partial charge in [0.25, 0.3) is 0 Å². The Hall–Kier alpha value is -1.69. The van der Waals surface area contributed by atoms with Gasteiger partial charge in [-0.15, -0.1) is 0 Å². The number of pyridine rings is 1. The minimum absolute atomic E-state index is 0.0696. The van der Waals surface area contributed by atoms with Crippen LogP contribution in [0.25, 0.3) is 0 Å². The summed E-state index contributed by atoms with van der Waals surface area (Å²) >= 11 is 0. The van der Waals surface area contributed by atoms with Crippen molar-refractivity contribution in [1.29, 1.82) is 0 Å². The molecule has 1 aromatic rings. The molecule has 6 nitrogen and oxygen atoms in total. The monoisotopic (exact) mass is 182 g/mol. The Morgan fingerprint density at radius 1 is 1.77 bits per heavy atom. The number of nitro groups is 1. The van der Waals surface area contributed by atoms with E-state index in [1.165, 1.54) is 18.3 Å². The summed E-state index contributed by atoms with van der Waals surface area (Å²) in [5.74, 6) is 0.197. The summed E-state index contributed by atoms with van der Waals surface area (Å²) in [5, 5.41) is 13.2. The number of nitrogens with two attached hydrogens (primary N) is 1. The molecule has 0 saturated heterocycles. The summed E-state index contributed by atoms with van der Waals surface area (Å²) in [6, 6.07) is 2.88. The van der Waals surface area contributed by atoms with E-state index >= 15 is 0 Å². The van der Waals surface area contributed by atoms with Gasteiger partial charge in [0.1, 0.15) is 0 Å². The molecule has 0 aliphatic rings. The molecule has 0 saturated carbocycles. The molecule has 0 spiro atoms. The maximum Gasteiger partial charge on any atom is 0.311 e. The minimum atomic E-state index is -0.502. The van der Waals surface area contributed by atoms with Gasteiger partial charge in [-0.1, -0.05) is 0 Å². The van der Waals surface area contributed by atoms with Gasteiger partial charge in [-0.2, -0.15) is 0 Å². The lowest BCUT2D eigenvalue weighted by atomic mass is 10.4. The highest BCUT2D eigenvalue weighted by Gasteiger charge is 2.13. The molecule has 0 amide bonds. The first-order valence-corrected chi connectivity index (χ1v) is 3.73. The van der Waals surface area contributed by atoms with Crippen molar-refractivity contribution in [2.45, 2.75) is 13.1 Å². The molecule has 1 atom stereocenters. The first-order valence-electron chi connectivity index (χ1n) is 3.73. The fraction of sp³-hybridized carbons (Fsp3) is 0.286. The number of nitrogens with zero attached hydrogens (tertiary/aromatic N) is 2. The number of nitrogens with one attached hydrogen (secondary N) is 1. The van der Waals surface area contributed by atoms with Crippen LogP contribution in [0.2, 0.25) is 0 Å². The van der Waals surface area contributed by atoms with Crippen LogP contribution in [-0.4, -0.2) is 16.1 Å². The first kappa shape index (κ1) is 9.40. The van der Waals surface area contributed by atoms with Gasteiger partial charge < -0.3 is 11.1 Å². The highest BCUT2D eigenvalue weighted by molar-refractivity contribution is 5.55. The van der Waals surface area contributed by atoms with Crippen molar-refractivity contribution >= 4 is 11.5 Å². The van der Waals surface area contributed by atoms with E-state index in [9.17, 15) is 10.1 Å². The summed E-state index contributed by atoms with van der Waals surface area (Å²) < 4.78 is 0. The van der Waals surface area contributed by atoms with Gasteiger partial charge in [0.2, 0.25) is 5.82 Å². The largest absolute Gasteiger partial charge is 0.350 e. The third kappa shape index (κ3) is 2.38. The molecule has 0 aliphatic carbocycles. The van der Waals surface area contributed by atoms with Gasteiger partial charge >= 0.3 is 5.69 Å². The summed E-state index contributed by atoms with van der Waals surface area (Å²) in [4.78, 5) is 13.8. The van der Waals surface area contributed by atoms with Gasteiger partial charge in [-0.3, -0.25) is 10.1 Å². The molecular formula is C7H10N4O2. The smallest absolute Gasteiger partial charge is 0.311 e. The fourth-order valence-corrected chi connectivity index (χ4v) is 0.871. The maximum atomic E-state index is 10.5. The second-order valence-corrected chi connectivity index (χ2v) is 2.56. The number of hydrogen-bond donors (Lipinski definition) is 2. The molecule has 13 heavy (non-hydrogen) atoms. The summed E-state index contributed by atoms with van der Waals surface area (Å²) in [6.07, 6.45) is 1.10. The van der Waals surface area contributed by atoms with Crippen LogP contribution in [0.5, 0.6) is 0 Å². The van der Waals surface area contributed by atoms with Crippen molar-refractivity contribution in [1.82, 2.24) is 4.98 Å². The Balaban J connectivity index is 2.98. The van der Waals surface area contributed by atoms with Gasteiger partial charge in [0.05, 0.1) is 11.1 Å². The zero-order chi connectivity index (χ0) is 9.84. The van der Waals surface area contributed by atoms with E-state index in [2.05, 4.69) is 10.3 Å². The van der Waals surface area contributed by atoms with E-state index in [0.29, 0.717) is 0 Å². The predicted octanol–water partition coefficient (Wildman–Crippen LogP) is 0.706. The van der Waals surface area contributed by atoms with E-state index in [0.717, 1.165) is 0 Å². The van der Waals surface area contributed by atoms with Crippen LogP contribution in [0.1, 0.15) is 6.92 Å². The molecule has 0 aromatic carbocycles. The van der Waals surface area contributed by atoms with Crippen molar-refractivity contribution in [3.05, 3.63) is 28.4 Å². The lowest BCUT2D eigenvalue weighted by molar-refractivity contribution is -0.384. The Labute approximate surface area is 74.9 Å². The standard InChI is InChI=1S/C7H10N4O2/c1-5(8)10-7-6(11(12)13)3-2-4-9-7/h2-5H,8H2,1H3,(H,9,10). The third-order valence-corrected chi connectivity index (χ3v) is 1.35. The van der Waals surface area contributed by atoms with Crippen LogP contribution in [0, 0.1) is 10.1 Å². The van der Waals surface area contributed by atoms with Crippen molar-refractivity contribution in [2.24, 2.45) is 5.73 Å². The molecule has 3 N–H and O–H groups in total. The minimum Gasteiger partial charge on any atom is -0.350 e. The quantitative estimate of drug-likeness (QED) is 0.407. The highest BCUT2D eigenvalue weighted by atomic mass is 16.6. The number of anilines is 1. The van der Waals surface area contributed by atoms with Crippen LogP contribution in [0.15, 0.2) is 18.3 Å². The van der Waals surface area contributed by atoms with Crippen molar-refractivity contribution in [3.8, 4) is 0 Å². The summed E-state index contributed by atoms with van der Waals surface area (Å²) in [5.41, 5.74) is 5.35. The fourth-order valence-electron chi connectivity index (χ4n) is 0.871. The van der Waals surface area contributed by atoms with Crippen LogP contribution in [-0.2, 0) is 0 Å². The SMILES string of the molecule is CC(N)Nc1ncccc1[N+](=O)[O-]. The van der Waals surface area contributed by atoms with Crippen molar-refractivity contribution in [2.75, 3.05) is 5.32 Å². The number of aromatic nitrogens is 1. The second kappa shape index (κ2) is 3.81. The second-order valence-electron chi connectivity index (χ2n) is 2.56. The molecule has 70 valence electrons. The lowest BCUT2D eigenvalue weighted by Crippen LogP contribution is -2.26. The van der Waals surface area contributed by atoms with Crippen LogP contribution < -0.4 is 11.1 Å². The van der Waals surface area contributed by atoms with E-state index in [4.69, 9.17) is 5.73 Å². The molecule has 0 radical (unpaired) electrons. The van der Waals surface area contributed by atoms with E-state index < -0.39 is 4.92 Å². The molecule has 0 bridgehead atoms. The van der Waals surface area contributed by atoms with E-state index in [1.807, 2.05) is 0 Å². The normalized spacial score (nSPS) is 12.2. The molecule has 1 heterocycles. The Morgan fingerprint density at radius 3 is 3.00 bits per heavy atom. The Kier molecular flexibility index (Phi) is 2.76. The average Bonchev–Trinajstić information content (AvgIpc) is 2.03. The van der Waals surface area contributed by atoms with Gasteiger partial charge in [-0.25, -0.2) is 4.98 Å². The Bertz CT molecular complexity index is 313. The Morgan fingerprint density at radius 2 is 2.46 bits per heavy atom. The van der Waals surface area contributed by atoms with Gasteiger partial charge in [-0.05, 0) is 13.0 Å². The lowest BCUT2D eigenvalue weighted by Gasteiger charge is -2.08. The zero-order valence-electron chi connectivity index (χ0n) is 7.10. The van der Waals surface area contributed by atoms with E-state index in [1.54, 1.807) is 6.92 Å². The predicted molar refractivity (Wildman–Crippen MR) is 48.2 cm³/mol. The van der Waals surface area contributed by atoms with E-state index in [-0.39, 0.29) is 17.7 Å². The zero-order valence-corrected chi connectivity index (χ0v) is 7.10. The number of rotatable bonds is 3. The maximum absolute atomic E-state index is 10.5. The topological polar surface area (TPSA) is 94.1 Å². The van der Waals surface area contributed by atoms with Crippen LogP contribution in [0.4, 0.5) is 11.5 Å². The summed E-state index contributed by atoms with van der Waals surface area (Å²) in [7, 11) is 0. The molecule has 1 aromatic heterocycles. The molecule has 6 heteroatoms. The van der Waals surface area contributed by atoms with Crippen molar-refractivity contribution in [3.63, 3.8) is 0 Å². The average molecular weight is 182 g/mol. The van der Waals surface area contributed by atoms with Gasteiger partial charge in [0, 0.05) is 12.3 Å². The summed E-state index contributed by atoms with van der Waals surface area (Å²) in [6.45, 7) is 1.68. The third-order valence-electron chi connectivity index (χ3n) is 1.35. The first-order chi connectivity index (χ1) is 6.11. The number of hydrogen-bond acceptors (Lipinski definition) is 5. The van der Waals surface area contributed by atoms with Gasteiger partial charge in [0.15, 0.2) is 0 Å². The van der Waals surface area contributed by atoms with Crippen molar-refractivity contribution < 1.29 is 4.92 Å². The molecule has 1 unspecified atom stereocenters. The molecule has 0 aliphatic heterocycles. The van der Waals surface area contributed by atoms with Crippen LogP contribution in [0.3, 0.4) is 0 Å². The van der Waals surface area contributed by atoms with Crippen LogP contribution >= 0.6 is 0 Å². The highest BCUT2D eigenvalue weighted by Crippen LogP contribution is 2.19.